The molecular formula is C13H14N4O. The van der Waals surface area contributed by atoms with Crippen LogP contribution in [0.25, 0.3) is 5.69 Å². The molecule has 0 aliphatic rings. The molecule has 0 saturated heterocycles. The third-order valence-electron chi connectivity index (χ3n) is 3.02. The Balaban J connectivity index is 1.87. The van der Waals surface area contributed by atoms with Crippen LogP contribution < -0.4 is 0 Å². The van der Waals surface area contributed by atoms with Crippen LogP contribution in [-0.4, -0.2) is 19.5 Å². The lowest BCUT2D eigenvalue weighted by Gasteiger charge is -2.00. The van der Waals surface area contributed by atoms with E-state index in [9.17, 15) is 0 Å². The van der Waals surface area contributed by atoms with Crippen LogP contribution in [0.3, 0.4) is 0 Å². The van der Waals surface area contributed by atoms with Crippen LogP contribution in [0.5, 0.6) is 0 Å². The molecule has 0 bridgehead atoms. The number of aryl methyl sites for hydroxylation is 2. The smallest absolute Gasteiger partial charge is 0.138 e. The molecule has 0 N–H and O–H groups in total. The first-order valence-corrected chi connectivity index (χ1v) is 5.81. The summed E-state index contributed by atoms with van der Waals surface area (Å²) in [5.74, 6) is 0.852. The normalized spacial score (nSPS) is 11.0. The van der Waals surface area contributed by atoms with Gasteiger partial charge in [-0.3, -0.25) is 4.68 Å². The Kier molecular flexibility index (Phi) is 2.51. The summed E-state index contributed by atoms with van der Waals surface area (Å²) in [7, 11) is 0. The van der Waals surface area contributed by atoms with E-state index in [1.165, 1.54) is 0 Å². The monoisotopic (exact) mass is 242 g/mol. The fourth-order valence-electron chi connectivity index (χ4n) is 1.97. The van der Waals surface area contributed by atoms with E-state index in [-0.39, 0.29) is 0 Å². The maximum Gasteiger partial charge on any atom is 0.138 e. The van der Waals surface area contributed by atoms with E-state index in [1.54, 1.807) is 0 Å². The van der Waals surface area contributed by atoms with Crippen molar-refractivity contribution in [2.24, 2.45) is 0 Å². The van der Waals surface area contributed by atoms with Gasteiger partial charge in [0.2, 0.25) is 0 Å². The molecule has 0 aliphatic heterocycles. The fraction of sp³-hybridized carbons (Fsp3) is 0.231. The maximum absolute atomic E-state index is 5.15. The second kappa shape index (κ2) is 4.18. The molecule has 0 amide bonds. The third kappa shape index (κ3) is 1.84. The minimum atomic E-state index is 0.683. The highest BCUT2D eigenvalue weighted by atomic mass is 16.5. The van der Waals surface area contributed by atoms with E-state index in [2.05, 4.69) is 10.3 Å². The van der Waals surface area contributed by atoms with E-state index in [0.29, 0.717) is 6.54 Å². The SMILES string of the molecule is Cc1noc(C)c1Cn1cc(-n2cccc2)cn1. The quantitative estimate of drug-likeness (QED) is 0.708. The number of hydrogen-bond donors (Lipinski definition) is 0. The molecule has 0 aliphatic carbocycles. The number of rotatable bonds is 3. The van der Waals surface area contributed by atoms with Crippen molar-refractivity contribution in [1.82, 2.24) is 19.5 Å². The molecular weight excluding hydrogens is 228 g/mol. The van der Waals surface area contributed by atoms with Gasteiger partial charge in [-0.05, 0) is 26.0 Å². The molecule has 0 unspecified atom stereocenters. The number of nitrogens with zero attached hydrogens (tertiary/aromatic N) is 4. The third-order valence-corrected chi connectivity index (χ3v) is 3.02. The molecule has 3 aromatic rings. The number of aromatic nitrogens is 4. The van der Waals surface area contributed by atoms with Gasteiger partial charge in [0.05, 0.1) is 24.1 Å². The molecule has 0 atom stereocenters. The van der Waals surface area contributed by atoms with Crippen molar-refractivity contribution >= 4 is 0 Å². The minimum absolute atomic E-state index is 0.683. The largest absolute Gasteiger partial charge is 0.361 e. The predicted molar refractivity (Wildman–Crippen MR) is 66.6 cm³/mol. The van der Waals surface area contributed by atoms with Gasteiger partial charge >= 0.3 is 0 Å². The summed E-state index contributed by atoms with van der Waals surface area (Å²) >= 11 is 0. The van der Waals surface area contributed by atoms with Crippen LogP contribution in [0.15, 0.2) is 41.4 Å². The average molecular weight is 242 g/mol. The topological polar surface area (TPSA) is 48.8 Å². The predicted octanol–water partition coefficient (Wildman–Crippen LogP) is 2.33. The van der Waals surface area contributed by atoms with Gasteiger partial charge in [0.1, 0.15) is 5.76 Å². The summed E-state index contributed by atoms with van der Waals surface area (Å²) < 4.78 is 9.07. The maximum atomic E-state index is 5.15. The van der Waals surface area contributed by atoms with Gasteiger partial charge < -0.3 is 9.09 Å². The molecule has 0 spiro atoms. The Hall–Kier alpha value is -2.30. The van der Waals surface area contributed by atoms with Crippen molar-refractivity contribution in [1.29, 1.82) is 0 Å². The van der Waals surface area contributed by atoms with Crippen LogP contribution in [-0.2, 0) is 6.54 Å². The first-order chi connectivity index (χ1) is 8.74. The highest BCUT2D eigenvalue weighted by Crippen LogP contribution is 2.14. The summed E-state index contributed by atoms with van der Waals surface area (Å²) in [6, 6.07) is 3.98. The highest BCUT2D eigenvalue weighted by molar-refractivity contribution is 5.27. The van der Waals surface area contributed by atoms with Gasteiger partial charge in [0, 0.05) is 24.2 Å². The van der Waals surface area contributed by atoms with Gasteiger partial charge in [-0.1, -0.05) is 5.16 Å². The van der Waals surface area contributed by atoms with Crippen LogP contribution in [0.2, 0.25) is 0 Å². The van der Waals surface area contributed by atoms with Gasteiger partial charge in [-0.25, -0.2) is 0 Å². The summed E-state index contributed by atoms with van der Waals surface area (Å²) in [6.07, 6.45) is 7.85. The fourth-order valence-corrected chi connectivity index (χ4v) is 1.97. The zero-order chi connectivity index (χ0) is 12.5. The van der Waals surface area contributed by atoms with Gasteiger partial charge in [0.25, 0.3) is 0 Å². The van der Waals surface area contributed by atoms with Crippen LogP contribution in [0.1, 0.15) is 17.0 Å². The van der Waals surface area contributed by atoms with E-state index >= 15 is 0 Å². The molecule has 3 rings (SSSR count). The Labute approximate surface area is 105 Å². The zero-order valence-corrected chi connectivity index (χ0v) is 10.4. The van der Waals surface area contributed by atoms with Crippen LogP contribution in [0, 0.1) is 13.8 Å². The lowest BCUT2D eigenvalue weighted by molar-refractivity contribution is 0.391. The first kappa shape index (κ1) is 10.8. The summed E-state index contributed by atoms with van der Waals surface area (Å²) in [4.78, 5) is 0. The van der Waals surface area contributed by atoms with Crippen molar-refractivity contribution in [2.45, 2.75) is 20.4 Å². The molecule has 0 radical (unpaired) electrons. The molecule has 0 saturated carbocycles. The van der Waals surface area contributed by atoms with Crippen molar-refractivity contribution in [3.63, 3.8) is 0 Å². The minimum Gasteiger partial charge on any atom is -0.361 e. The van der Waals surface area contributed by atoms with Crippen molar-refractivity contribution < 1.29 is 4.52 Å². The molecule has 5 heteroatoms. The second-order valence-electron chi connectivity index (χ2n) is 4.29. The standard InChI is InChI=1S/C13H14N4O/c1-10-13(11(2)18-15-10)9-17-8-12(7-14-17)16-5-3-4-6-16/h3-8H,9H2,1-2H3. The molecule has 0 fully saturated rings. The Morgan fingerprint density at radius 3 is 2.67 bits per heavy atom. The highest BCUT2D eigenvalue weighted by Gasteiger charge is 2.10. The zero-order valence-electron chi connectivity index (χ0n) is 10.4. The Morgan fingerprint density at radius 2 is 2.00 bits per heavy atom. The van der Waals surface area contributed by atoms with E-state index < -0.39 is 0 Å². The van der Waals surface area contributed by atoms with Crippen LogP contribution >= 0.6 is 0 Å². The van der Waals surface area contributed by atoms with Gasteiger partial charge in [-0.15, -0.1) is 0 Å². The lowest BCUT2D eigenvalue weighted by atomic mass is 10.2. The Morgan fingerprint density at radius 1 is 1.22 bits per heavy atom. The molecule has 3 aromatic heterocycles. The van der Waals surface area contributed by atoms with Gasteiger partial charge in [0.15, 0.2) is 0 Å². The van der Waals surface area contributed by atoms with E-state index in [0.717, 1.165) is 22.7 Å². The Bertz CT molecular complexity index is 629. The van der Waals surface area contributed by atoms with Crippen molar-refractivity contribution in [2.75, 3.05) is 0 Å². The lowest BCUT2D eigenvalue weighted by Crippen LogP contribution is -2.01. The van der Waals surface area contributed by atoms with Gasteiger partial charge in [-0.2, -0.15) is 5.10 Å². The average Bonchev–Trinajstić information content (AvgIpc) is 3.06. The molecule has 0 aromatic carbocycles. The molecule has 18 heavy (non-hydrogen) atoms. The summed E-state index contributed by atoms with van der Waals surface area (Å²) in [5, 5.41) is 8.30. The van der Waals surface area contributed by atoms with Crippen LogP contribution in [0.4, 0.5) is 0 Å². The molecule has 92 valence electrons. The molecule has 3 heterocycles. The van der Waals surface area contributed by atoms with Crippen molar-refractivity contribution in [3.8, 4) is 5.69 Å². The first-order valence-electron chi connectivity index (χ1n) is 5.81. The summed E-state index contributed by atoms with van der Waals surface area (Å²) in [6.45, 7) is 4.55. The van der Waals surface area contributed by atoms with E-state index in [4.69, 9.17) is 4.52 Å². The molecule has 5 nitrogen and oxygen atoms in total. The van der Waals surface area contributed by atoms with Crippen molar-refractivity contribution in [3.05, 3.63) is 53.9 Å². The second-order valence-corrected chi connectivity index (χ2v) is 4.29. The van der Waals surface area contributed by atoms with E-state index in [1.807, 2.05) is 60.0 Å². The number of hydrogen-bond acceptors (Lipinski definition) is 3. The summed E-state index contributed by atoms with van der Waals surface area (Å²) in [5.41, 5.74) is 3.06.